The number of anilines is 2. The monoisotopic (exact) mass is 291 g/mol. The van der Waals surface area contributed by atoms with E-state index in [1.807, 2.05) is 6.07 Å². The number of nitrogen functional groups attached to an aromatic ring is 1. The molecule has 1 aliphatic rings. The van der Waals surface area contributed by atoms with Crippen molar-refractivity contribution in [2.24, 2.45) is 0 Å². The van der Waals surface area contributed by atoms with Crippen LogP contribution in [0.15, 0.2) is 36.7 Å². The number of rotatable bonds is 3. The summed E-state index contributed by atoms with van der Waals surface area (Å²) in [6.45, 7) is 0.740. The van der Waals surface area contributed by atoms with Crippen molar-refractivity contribution in [3.05, 3.63) is 53.3 Å². The number of nitrogens with zero attached hydrogens (tertiary/aromatic N) is 3. The van der Waals surface area contributed by atoms with Crippen LogP contribution in [0.5, 0.6) is 0 Å². The average Bonchev–Trinajstić information content (AvgIpc) is 3.00. The van der Waals surface area contributed by atoms with E-state index in [0.717, 1.165) is 17.7 Å². The maximum Gasteiger partial charge on any atom is 0.166 e. The molecule has 22 heavy (non-hydrogen) atoms. The molecule has 0 saturated heterocycles. The highest BCUT2D eigenvalue weighted by molar-refractivity contribution is 5.87. The molecule has 0 unspecified atom stereocenters. The lowest BCUT2D eigenvalue weighted by molar-refractivity contribution is 0.911. The lowest BCUT2D eigenvalue weighted by atomic mass is 10.1. The van der Waals surface area contributed by atoms with Gasteiger partial charge in [0.15, 0.2) is 5.65 Å². The van der Waals surface area contributed by atoms with Gasteiger partial charge in [0, 0.05) is 6.54 Å². The van der Waals surface area contributed by atoms with E-state index in [2.05, 4.69) is 38.5 Å². The highest BCUT2D eigenvalue weighted by atomic mass is 15.0. The minimum absolute atomic E-state index is 0.468. The Balaban J connectivity index is 1.59. The average molecular weight is 291 g/mol. The quantitative estimate of drug-likeness (QED) is 0.776. The van der Waals surface area contributed by atoms with Crippen LogP contribution in [0.1, 0.15) is 23.1 Å². The van der Waals surface area contributed by atoms with Crippen LogP contribution < -0.4 is 11.1 Å². The van der Waals surface area contributed by atoms with Gasteiger partial charge in [0.1, 0.15) is 18.0 Å². The molecule has 5 heteroatoms. The Morgan fingerprint density at radius 3 is 2.91 bits per heavy atom. The van der Waals surface area contributed by atoms with Crippen molar-refractivity contribution < 1.29 is 0 Å². The number of aromatic nitrogens is 3. The maximum absolute atomic E-state index is 5.70. The van der Waals surface area contributed by atoms with Crippen LogP contribution in [0.25, 0.3) is 11.0 Å². The van der Waals surface area contributed by atoms with Crippen molar-refractivity contribution in [2.45, 2.75) is 25.8 Å². The molecular weight excluding hydrogens is 274 g/mol. The zero-order valence-electron chi connectivity index (χ0n) is 12.2. The topological polar surface area (TPSA) is 76.7 Å². The van der Waals surface area contributed by atoms with E-state index >= 15 is 0 Å². The van der Waals surface area contributed by atoms with Crippen molar-refractivity contribution >= 4 is 22.7 Å². The number of nitrogens with one attached hydrogen (secondary N) is 1. The summed E-state index contributed by atoms with van der Waals surface area (Å²) in [6, 6.07) is 10.4. The van der Waals surface area contributed by atoms with Gasteiger partial charge in [0.2, 0.25) is 0 Å². The van der Waals surface area contributed by atoms with Crippen molar-refractivity contribution in [3.8, 4) is 0 Å². The first kappa shape index (κ1) is 13.0. The van der Waals surface area contributed by atoms with Crippen LogP contribution in [0.2, 0.25) is 0 Å². The van der Waals surface area contributed by atoms with Crippen LogP contribution in [0.4, 0.5) is 11.6 Å². The number of hydrogen-bond donors (Lipinski definition) is 2. The fourth-order valence-electron chi connectivity index (χ4n) is 3.02. The van der Waals surface area contributed by atoms with E-state index in [4.69, 9.17) is 5.73 Å². The van der Waals surface area contributed by atoms with Crippen LogP contribution in [-0.4, -0.2) is 15.0 Å². The fraction of sp³-hybridized carbons (Fsp3) is 0.235. The van der Waals surface area contributed by atoms with Crippen molar-refractivity contribution in [2.75, 3.05) is 11.1 Å². The molecule has 1 aromatic carbocycles. The summed E-state index contributed by atoms with van der Waals surface area (Å²) in [6.07, 6.45) is 5.20. The van der Waals surface area contributed by atoms with E-state index in [1.54, 1.807) is 6.07 Å². The Kier molecular flexibility index (Phi) is 3.11. The standard InChI is InChI=1S/C17H17N5/c18-15-7-6-14-16(20-10-21-17(14)22-15)19-9-11-4-5-12-2-1-3-13(12)8-11/h4-8,10H,1-3,9H2,(H3,18,19,20,21,22). The number of pyridine rings is 1. The van der Waals surface area contributed by atoms with Gasteiger partial charge >= 0.3 is 0 Å². The minimum atomic E-state index is 0.468. The number of aryl methyl sites for hydroxylation is 2. The maximum atomic E-state index is 5.70. The lowest BCUT2D eigenvalue weighted by Crippen LogP contribution is -2.04. The third-order valence-corrected chi connectivity index (χ3v) is 4.14. The van der Waals surface area contributed by atoms with E-state index < -0.39 is 0 Å². The van der Waals surface area contributed by atoms with Gasteiger partial charge in [0.05, 0.1) is 5.39 Å². The summed E-state index contributed by atoms with van der Waals surface area (Å²) in [7, 11) is 0. The van der Waals surface area contributed by atoms with Crippen molar-refractivity contribution in [1.82, 2.24) is 15.0 Å². The predicted octanol–water partition coefficient (Wildman–Crippen LogP) is 2.71. The molecule has 0 atom stereocenters. The highest BCUT2D eigenvalue weighted by Gasteiger charge is 2.11. The molecule has 1 aliphatic carbocycles. The largest absolute Gasteiger partial charge is 0.384 e. The van der Waals surface area contributed by atoms with Gasteiger partial charge in [-0.05, 0) is 48.1 Å². The van der Waals surface area contributed by atoms with Crippen molar-refractivity contribution in [3.63, 3.8) is 0 Å². The Labute approximate surface area is 128 Å². The summed E-state index contributed by atoms with van der Waals surface area (Å²) in [5.41, 5.74) is 10.6. The molecule has 0 bridgehead atoms. The SMILES string of the molecule is Nc1ccc2c(NCc3ccc4c(c3)CCC4)ncnc2n1. The number of benzene rings is 1. The highest BCUT2D eigenvalue weighted by Crippen LogP contribution is 2.24. The van der Waals surface area contributed by atoms with E-state index in [0.29, 0.717) is 11.5 Å². The molecule has 0 aliphatic heterocycles. The first-order valence-corrected chi connectivity index (χ1v) is 7.51. The Hall–Kier alpha value is -2.69. The second-order valence-corrected chi connectivity index (χ2v) is 5.64. The van der Waals surface area contributed by atoms with Crippen LogP contribution >= 0.6 is 0 Å². The molecule has 4 rings (SSSR count). The second-order valence-electron chi connectivity index (χ2n) is 5.64. The third kappa shape index (κ3) is 2.35. The fourth-order valence-corrected chi connectivity index (χ4v) is 3.02. The summed E-state index contributed by atoms with van der Waals surface area (Å²) in [5, 5.41) is 4.27. The zero-order valence-corrected chi connectivity index (χ0v) is 12.2. The molecule has 2 heterocycles. The van der Waals surface area contributed by atoms with Gasteiger partial charge in [0.25, 0.3) is 0 Å². The second kappa shape index (κ2) is 5.26. The van der Waals surface area contributed by atoms with Gasteiger partial charge in [-0.3, -0.25) is 0 Å². The lowest BCUT2D eigenvalue weighted by Gasteiger charge is -2.09. The molecule has 0 amide bonds. The number of nitrogens with two attached hydrogens (primary N) is 1. The van der Waals surface area contributed by atoms with Gasteiger partial charge in [-0.1, -0.05) is 18.2 Å². The van der Waals surface area contributed by atoms with Crippen LogP contribution in [0.3, 0.4) is 0 Å². The molecule has 3 aromatic rings. The zero-order chi connectivity index (χ0) is 14.9. The smallest absolute Gasteiger partial charge is 0.166 e. The molecule has 0 radical (unpaired) electrons. The normalized spacial score (nSPS) is 13.3. The first-order chi connectivity index (χ1) is 10.8. The molecule has 2 aromatic heterocycles. The van der Waals surface area contributed by atoms with Crippen LogP contribution in [-0.2, 0) is 19.4 Å². The Bertz CT molecular complexity index is 844. The first-order valence-electron chi connectivity index (χ1n) is 7.51. The molecule has 0 spiro atoms. The van der Waals surface area contributed by atoms with E-state index in [1.165, 1.54) is 42.3 Å². The summed E-state index contributed by atoms with van der Waals surface area (Å²) in [5.74, 6) is 1.26. The molecular formula is C17H17N5. The third-order valence-electron chi connectivity index (χ3n) is 4.14. The van der Waals surface area contributed by atoms with E-state index in [-0.39, 0.29) is 0 Å². The number of fused-ring (bicyclic) bond motifs is 2. The minimum Gasteiger partial charge on any atom is -0.384 e. The van der Waals surface area contributed by atoms with Gasteiger partial charge < -0.3 is 11.1 Å². The van der Waals surface area contributed by atoms with Gasteiger partial charge in [-0.2, -0.15) is 0 Å². The summed E-state index contributed by atoms with van der Waals surface area (Å²) in [4.78, 5) is 12.7. The van der Waals surface area contributed by atoms with Gasteiger partial charge in [-0.25, -0.2) is 15.0 Å². The Morgan fingerprint density at radius 2 is 1.95 bits per heavy atom. The Morgan fingerprint density at radius 1 is 1.05 bits per heavy atom. The molecule has 110 valence electrons. The molecule has 0 saturated carbocycles. The van der Waals surface area contributed by atoms with Crippen molar-refractivity contribution in [1.29, 1.82) is 0 Å². The van der Waals surface area contributed by atoms with E-state index in [9.17, 15) is 0 Å². The molecule has 0 fully saturated rings. The van der Waals surface area contributed by atoms with Crippen LogP contribution in [0, 0.1) is 0 Å². The summed E-state index contributed by atoms with van der Waals surface area (Å²) >= 11 is 0. The number of hydrogen-bond acceptors (Lipinski definition) is 5. The molecule has 3 N–H and O–H groups in total. The predicted molar refractivity (Wildman–Crippen MR) is 87.5 cm³/mol. The molecule has 5 nitrogen and oxygen atoms in total. The summed E-state index contributed by atoms with van der Waals surface area (Å²) < 4.78 is 0. The van der Waals surface area contributed by atoms with Gasteiger partial charge in [-0.15, -0.1) is 0 Å².